The number of rotatable bonds is 6. The molecule has 0 heterocycles. The van der Waals surface area contributed by atoms with E-state index in [0.29, 0.717) is 12.2 Å². The minimum atomic E-state index is -1.70. The molecule has 0 bridgehead atoms. The Morgan fingerprint density at radius 1 is 1.17 bits per heavy atom. The zero-order chi connectivity index (χ0) is 21.1. The van der Waals surface area contributed by atoms with E-state index < -0.39 is 12.1 Å². The summed E-state index contributed by atoms with van der Waals surface area (Å²) in [5, 5.41) is 0. The Kier molecular flexibility index (Phi) is 6.48. The van der Waals surface area contributed by atoms with Crippen LogP contribution in [0.5, 0.6) is 0 Å². The van der Waals surface area contributed by atoms with Crippen molar-refractivity contribution in [2.75, 3.05) is 6.61 Å². The highest BCUT2D eigenvalue weighted by Crippen LogP contribution is 2.39. The van der Waals surface area contributed by atoms with E-state index in [1.54, 1.807) is 19.1 Å². The van der Waals surface area contributed by atoms with Gasteiger partial charge in [-0.2, -0.15) is 8.78 Å². The number of carbonyl (C=O) groups excluding carboxylic acids is 1. The lowest BCUT2D eigenvalue weighted by Crippen LogP contribution is -2.17. The summed E-state index contributed by atoms with van der Waals surface area (Å²) in [5.41, 5.74) is 14.3. The molecule has 1 unspecified atom stereocenters. The van der Waals surface area contributed by atoms with Gasteiger partial charge in [0.2, 0.25) is 0 Å². The second-order valence-corrected chi connectivity index (χ2v) is 7.64. The van der Waals surface area contributed by atoms with Crippen LogP contribution in [0.4, 0.5) is 8.78 Å². The monoisotopic (exact) mass is 399 g/mol. The third-order valence-electron chi connectivity index (χ3n) is 5.46. The molecule has 0 aromatic heterocycles. The Labute approximate surface area is 170 Å². The number of nitrogens with two attached hydrogens (primary N) is 1. The summed E-state index contributed by atoms with van der Waals surface area (Å²) >= 11 is 0. The molecule has 2 aromatic rings. The van der Waals surface area contributed by atoms with Gasteiger partial charge in [0.15, 0.2) is 0 Å². The number of hydrogen-bond donors (Lipinski definition) is 1. The van der Waals surface area contributed by atoms with Gasteiger partial charge in [0.25, 0.3) is 6.08 Å². The van der Waals surface area contributed by atoms with Crippen molar-refractivity contribution >= 4 is 12.0 Å². The van der Waals surface area contributed by atoms with Crippen molar-refractivity contribution in [3.63, 3.8) is 0 Å². The zero-order valence-corrected chi connectivity index (χ0v) is 17.1. The van der Waals surface area contributed by atoms with Crippen LogP contribution < -0.4 is 5.73 Å². The van der Waals surface area contributed by atoms with Gasteiger partial charge >= 0.3 is 5.97 Å². The van der Waals surface area contributed by atoms with Crippen molar-refractivity contribution < 1.29 is 18.3 Å². The molecule has 3 rings (SSSR count). The summed E-state index contributed by atoms with van der Waals surface area (Å²) in [4.78, 5) is 11.9. The topological polar surface area (TPSA) is 52.3 Å². The van der Waals surface area contributed by atoms with Crippen LogP contribution in [0.3, 0.4) is 0 Å². The maximum atomic E-state index is 12.7. The summed E-state index contributed by atoms with van der Waals surface area (Å²) in [6.45, 7) is 6.00. The summed E-state index contributed by atoms with van der Waals surface area (Å²) < 4.78 is 30.4. The lowest BCUT2D eigenvalue weighted by molar-refractivity contribution is -0.143. The first-order valence-electron chi connectivity index (χ1n) is 10.0. The Morgan fingerprint density at radius 3 is 2.48 bits per heavy atom. The van der Waals surface area contributed by atoms with Gasteiger partial charge in [-0.05, 0) is 90.6 Å². The number of ether oxygens (including phenoxy) is 1. The molecular formula is C24H27F2NO2. The quantitative estimate of drug-likeness (QED) is 0.639. The van der Waals surface area contributed by atoms with Gasteiger partial charge in [-0.3, -0.25) is 4.79 Å². The van der Waals surface area contributed by atoms with E-state index in [1.807, 2.05) is 13.8 Å². The van der Waals surface area contributed by atoms with E-state index in [1.165, 1.54) is 11.1 Å². The predicted molar refractivity (Wildman–Crippen MR) is 112 cm³/mol. The number of fused-ring (bicyclic) bond motifs is 1. The Morgan fingerprint density at radius 2 is 1.86 bits per heavy atom. The first-order valence-corrected chi connectivity index (χ1v) is 10.0. The number of carbonyl (C=O) groups is 1. The standard InChI is InChI=1S/C24H27F2NO2/c1-4-29-23(28)13-21(27)18-11-17-6-5-7-19(17)20(12-18)24-14(2)8-16(9-15(24)3)10-22(25)26/h8-12,21H,4-7,13,27H2,1-3H3. The molecule has 29 heavy (non-hydrogen) atoms. The van der Waals surface area contributed by atoms with Crippen LogP contribution in [-0.2, 0) is 22.4 Å². The minimum absolute atomic E-state index is 0.129. The van der Waals surface area contributed by atoms with Crippen LogP contribution in [0.1, 0.15) is 59.2 Å². The predicted octanol–water partition coefficient (Wildman–Crippen LogP) is 5.65. The maximum absolute atomic E-state index is 12.7. The van der Waals surface area contributed by atoms with E-state index in [2.05, 4.69) is 12.1 Å². The van der Waals surface area contributed by atoms with Crippen LogP contribution in [0, 0.1) is 13.8 Å². The van der Waals surface area contributed by atoms with Crippen molar-refractivity contribution in [1.82, 2.24) is 0 Å². The molecule has 1 aliphatic rings. The molecule has 5 heteroatoms. The Bertz CT molecular complexity index is 939. The van der Waals surface area contributed by atoms with Gasteiger partial charge in [-0.1, -0.05) is 18.2 Å². The molecule has 0 saturated carbocycles. The van der Waals surface area contributed by atoms with Gasteiger partial charge in [-0.15, -0.1) is 0 Å². The summed E-state index contributed by atoms with van der Waals surface area (Å²) in [5.74, 6) is -0.307. The van der Waals surface area contributed by atoms with Gasteiger partial charge in [0.1, 0.15) is 0 Å². The highest BCUT2D eigenvalue weighted by atomic mass is 19.3. The van der Waals surface area contributed by atoms with Crippen LogP contribution in [0.15, 0.2) is 30.3 Å². The first-order chi connectivity index (χ1) is 13.8. The number of benzene rings is 2. The SMILES string of the molecule is CCOC(=O)CC(N)c1cc2c(c(-c3c(C)cc(C=C(F)F)cc3C)c1)CCC2. The first kappa shape index (κ1) is 21.2. The molecule has 0 spiro atoms. The molecule has 0 fully saturated rings. The highest BCUT2D eigenvalue weighted by Gasteiger charge is 2.22. The molecule has 3 nitrogen and oxygen atoms in total. The largest absolute Gasteiger partial charge is 0.466 e. The van der Waals surface area contributed by atoms with E-state index in [0.717, 1.165) is 53.2 Å². The summed E-state index contributed by atoms with van der Waals surface area (Å²) in [6, 6.07) is 7.30. The number of hydrogen-bond acceptors (Lipinski definition) is 3. The normalized spacial score (nSPS) is 13.7. The minimum Gasteiger partial charge on any atom is -0.466 e. The molecule has 2 N–H and O–H groups in total. The van der Waals surface area contributed by atoms with Gasteiger partial charge in [-0.25, -0.2) is 0 Å². The van der Waals surface area contributed by atoms with Crippen molar-refractivity contribution in [3.8, 4) is 11.1 Å². The van der Waals surface area contributed by atoms with Crippen molar-refractivity contribution in [3.05, 3.63) is 63.7 Å². The van der Waals surface area contributed by atoms with E-state index in [-0.39, 0.29) is 12.4 Å². The highest BCUT2D eigenvalue weighted by molar-refractivity contribution is 5.78. The number of aryl methyl sites for hydroxylation is 3. The van der Waals surface area contributed by atoms with Crippen molar-refractivity contribution in [1.29, 1.82) is 0 Å². The second-order valence-electron chi connectivity index (χ2n) is 7.64. The third-order valence-corrected chi connectivity index (χ3v) is 5.46. The molecule has 154 valence electrons. The van der Waals surface area contributed by atoms with Crippen LogP contribution in [0.2, 0.25) is 0 Å². The average molecular weight is 399 g/mol. The molecule has 0 aliphatic heterocycles. The van der Waals surface area contributed by atoms with E-state index >= 15 is 0 Å². The second kappa shape index (κ2) is 8.87. The van der Waals surface area contributed by atoms with Gasteiger partial charge in [0, 0.05) is 12.1 Å². The molecule has 1 aliphatic carbocycles. The fraction of sp³-hybridized carbons (Fsp3) is 0.375. The molecule has 0 saturated heterocycles. The van der Waals surface area contributed by atoms with Crippen molar-refractivity contribution in [2.24, 2.45) is 5.73 Å². The van der Waals surface area contributed by atoms with Crippen LogP contribution >= 0.6 is 0 Å². The smallest absolute Gasteiger partial charge is 0.307 e. The molecule has 1 atom stereocenters. The molecule has 0 radical (unpaired) electrons. The van der Waals surface area contributed by atoms with Gasteiger partial charge in [0.05, 0.1) is 13.0 Å². The zero-order valence-electron chi connectivity index (χ0n) is 17.1. The number of esters is 1. The third kappa shape index (κ3) is 4.73. The fourth-order valence-corrected chi connectivity index (χ4v) is 4.32. The fourth-order valence-electron chi connectivity index (χ4n) is 4.32. The molecule has 0 amide bonds. The van der Waals surface area contributed by atoms with E-state index in [9.17, 15) is 13.6 Å². The van der Waals surface area contributed by atoms with Crippen LogP contribution in [-0.4, -0.2) is 12.6 Å². The van der Waals surface area contributed by atoms with Gasteiger partial charge < -0.3 is 10.5 Å². The molecular weight excluding hydrogens is 372 g/mol. The lowest BCUT2D eigenvalue weighted by Gasteiger charge is -2.19. The Hall–Kier alpha value is -2.53. The average Bonchev–Trinajstić information content (AvgIpc) is 3.09. The lowest BCUT2D eigenvalue weighted by atomic mass is 9.86. The number of halogens is 2. The van der Waals surface area contributed by atoms with Crippen LogP contribution in [0.25, 0.3) is 17.2 Å². The molecule has 2 aromatic carbocycles. The summed E-state index contributed by atoms with van der Waals surface area (Å²) in [7, 11) is 0. The Balaban J connectivity index is 2.07. The van der Waals surface area contributed by atoms with Crippen molar-refractivity contribution in [2.45, 2.75) is 52.5 Å². The maximum Gasteiger partial charge on any atom is 0.307 e. The summed E-state index contributed by atoms with van der Waals surface area (Å²) in [6.07, 6.45) is 2.35. The van der Waals surface area contributed by atoms with E-state index in [4.69, 9.17) is 10.5 Å².